The minimum atomic E-state index is -1.70. The first-order valence-electron chi connectivity index (χ1n) is 25.8. The Morgan fingerprint density at radius 1 is 0.500 bits per heavy atom. The Labute approximate surface area is 386 Å². The van der Waals surface area contributed by atoms with Gasteiger partial charge < -0.3 is 64.2 Å². The van der Waals surface area contributed by atoms with Crippen LogP contribution in [-0.2, 0) is 33.2 Å². The molecule has 0 bridgehead atoms. The molecular weight excluding hydrogens is 825 g/mol. The molecule has 2 rings (SSSR count). The molecule has 11 unspecified atom stereocenters. The van der Waals surface area contributed by atoms with E-state index in [-0.39, 0.29) is 25.6 Å². The first kappa shape index (κ1) is 58.9. The zero-order valence-electron chi connectivity index (χ0n) is 40.0. The summed E-state index contributed by atoms with van der Waals surface area (Å²) in [7, 11) is 0. The highest BCUT2D eigenvalue weighted by molar-refractivity contribution is 5.69. The van der Waals surface area contributed by atoms with Gasteiger partial charge in [-0.3, -0.25) is 4.79 Å². The molecule has 14 heteroatoms. The molecule has 0 radical (unpaired) electrons. The van der Waals surface area contributed by atoms with Gasteiger partial charge in [0.05, 0.1) is 26.4 Å². The van der Waals surface area contributed by atoms with Crippen molar-refractivity contribution in [3.05, 3.63) is 12.2 Å². The predicted octanol–water partition coefficient (Wildman–Crippen LogP) is 7.46. The van der Waals surface area contributed by atoms with Crippen molar-refractivity contribution in [1.82, 2.24) is 0 Å². The summed E-state index contributed by atoms with van der Waals surface area (Å²) in [6.45, 7) is 3.70. The average Bonchev–Trinajstić information content (AvgIpc) is 3.29. The lowest BCUT2D eigenvalue weighted by atomic mass is 9.98. The van der Waals surface area contributed by atoms with Crippen LogP contribution in [0.4, 0.5) is 0 Å². The third kappa shape index (κ3) is 26.3. The van der Waals surface area contributed by atoms with Crippen LogP contribution in [0.3, 0.4) is 0 Å². The van der Waals surface area contributed by atoms with Crippen molar-refractivity contribution in [2.45, 2.75) is 268 Å². The molecule has 0 saturated carbocycles. The van der Waals surface area contributed by atoms with Crippen molar-refractivity contribution >= 4 is 5.97 Å². The van der Waals surface area contributed by atoms with E-state index in [2.05, 4.69) is 26.0 Å². The van der Waals surface area contributed by atoms with Gasteiger partial charge in [0.25, 0.3) is 0 Å². The van der Waals surface area contributed by atoms with Gasteiger partial charge in [-0.1, -0.05) is 167 Å². The number of ether oxygens (including phenoxy) is 6. The minimum Gasteiger partial charge on any atom is -0.457 e. The number of hydrogen-bond donors (Lipinski definition) is 7. The molecule has 0 amide bonds. The summed E-state index contributed by atoms with van der Waals surface area (Å²) in [5, 5.41) is 72.1. The maximum Gasteiger partial charge on any atom is 0.306 e. The first-order valence-corrected chi connectivity index (χ1v) is 25.8. The monoisotopic (exact) mass is 919 g/mol. The van der Waals surface area contributed by atoms with Crippen molar-refractivity contribution in [1.29, 1.82) is 0 Å². The number of carbonyl (C=O) groups is 1. The molecule has 0 aliphatic carbocycles. The molecule has 2 saturated heterocycles. The molecule has 378 valence electrons. The summed E-state index contributed by atoms with van der Waals surface area (Å²) >= 11 is 0. The van der Waals surface area contributed by atoms with Crippen LogP contribution in [0.15, 0.2) is 12.2 Å². The van der Waals surface area contributed by atoms with Crippen LogP contribution in [0.5, 0.6) is 0 Å². The summed E-state index contributed by atoms with van der Waals surface area (Å²) in [6, 6.07) is 0. The summed E-state index contributed by atoms with van der Waals surface area (Å²) in [4.78, 5) is 13.0. The van der Waals surface area contributed by atoms with Gasteiger partial charge in [0.1, 0.15) is 54.9 Å². The van der Waals surface area contributed by atoms with Crippen LogP contribution in [0.2, 0.25) is 0 Å². The first-order chi connectivity index (χ1) is 31.1. The Morgan fingerprint density at radius 2 is 0.922 bits per heavy atom. The second kappa shape index (κ2) is 38.7. The lowest BCUT2D eigenvalue weighted by molar-refractivity contribution is -0.332. The molecule has 2 fully saturated rings. The molecule has 2 aliphatic rings. The Morgan fingerprint density at radius 3 is 1.42 bits per heavy atom. The van der Waals surface area contributed by atoms with Gasteiger partial charge in [-0.25, -0.2) is 0 Å². The molecule has 7 N–H and O–H groups in total. The standard InChI is InChI=1S/C50H94O14/c1-3-5-7-9-11-13-15-17-18-19-20-21-22-23-25-27-29-31-33-42(52)62-39(36-59-34-32-30-28-26-24-16-14-12-10-8-6-4-2)37-60-49-48(58)46(56)44(54)41(64-49)38-61-50-47(57)45(55)43(53)40(35-51)63-50/h18-19,39-41,43-51,53-58H,3-17,20-38H2,1-2H3/b19-18-. The van der Waals surface area contributed by atoms with E-state index in [1.165, 1.54) is 128 Å². The molecule has 64 heavy (non-hydrogen) atoms. The highest BCUT2D eigenvalue weighted by Gasteiger charge is 2.47. The molecule has 11 atom stereocenters. The third-order valence-corrected chi connectivity index (χ3v) is 12.5. The lowest BCUT2D eigenvalue weighted by Crippen LogP contribution is -2.61. The Bertz CT molecular complexity index is 1110. The number of rotatable bonds is 41. The summed E-state index contributed by atoms with van der Waals surface area (Å²) in [5.74, 6) is -0.378. The average molecular weight is 919 g/mol. The van der Waals surface area contributed by atoms with Crippen molar-refractivity contribution < 1.29 is 69.0 Å². The van der Waals surface area contributed by atoms with Gasteiger partial charge in [-0.15, -0.1) is 0 Å². The Balaban J connectivity index is 1.76. The molecule has 0 spiro atoms. The number of unbranched alkanes of at least 4 members (excludes halogenated alkanes) is 25. The van der Waals surface area contributed by atoms with Gasteiger partial charge >= 0.3 is 5.97 Å². The molecule has 14 nitrogen and oxygen atoms in total. The molecule has 0 aromatic rings. The Kier molecular flexibility index (Phi) is 35.6. The van der Waals surface area contributed by atoms with E-state index in [0.717, 1.165) is 44.9 Å². The second-order valence-electron chi connectivity index (χ2n) is 18.3. The zero-order chi connectivity index (χ0) is 46.6. The summed E-state index contributed by atoms with van der Waals surface area (Å²) in [6.07, 6.45) is 22.7. The number of esters is 1. The van der Waals surface area contributed by atoms with Crippen molar-refractivity contribution in [2.24, 2.45) is 0 Å². The SMILES string of the molecule is CCCCCCCCC/C=C\CCCCCCCCCC(=O)OC(COCCCCCCCCCCCCCC)COC1OC(COC2OC(CO)C(O)C(O)C2O)C(O)C(O)C1O. The van der Waals surface area contributed by atoms with Crippen LogP contribution >= 0.6 is 0 Å². The maximum absolute atomic E-state index is 13.0. The predicted molar refractivity (Wildman–Crippen MR) is 247 cm³/mol. The van der Waals surface area contributed by atoms with Gasteiger partial charge in [0.15, 0.2) is 12.6 Å². The fourth-order valence-electron chi connectivity index (χ4n) is 8.28. The van der Waals surface area contributed by atoms with Gasteiger partial charge in [-0.2, -0.15) is 0 Å². The fraction of sp³-hybridized carbons (Fsp3) is 0.940. The molecular formula is C50H94O14. The number of hydrogen-bond acceptors (Lipinski definition) is 14. The summed E-state index contributed by atoms with van der Waals surface area (Å²) < 4.78 is 34.3. The molecule has 2 heterocycles. The maximum atomic E-state index is 13.0. The summed E-state index contributed by atoms with van der Waals surface area (Å²) in [5.41, 5.74) is 0. The zero-order valence-corrected chi connectivity index (χ0v) is 40.0. The smallest absolute Gasteiger partial charge is 0.306 e. The second-order valence-corrected chi connectivity index (χ2v) is 18.3. The highest BCUT2D eigenvalue weighted by atomic mass is 16.7. The molecule has 0 aromatic carbocycles. The number of aliphatic hydroxyl groups excluding tert-OH is 7. The minimum absolute atomic E-state index is 0.0652. The van der Waals surface area contributed by atoms with Crippen LogP contribution in [-0.4, -0.2) is 142 Å². The number of carbonyl (C=O) groups excluding carboxylic acids is 1. The normalized spacial score (nSPS) is 26.8. The number of allylic oxidation sites excluding steroid dienone is 2. The van der Waals surface area contributed by atoms with E-state index in [9.17, 15) is 40.5 Å². The van der Waals surface area contributed by atoms with E-state index in [4.69, 9.17) is 28.4 Å². The third-order valence-electron chi connectivity index (χ3n) is 12.5. The largest absolute Gasteiger partial charge is 0.457 e. The van der Waals surface area contributed by atoms with E-state index in [1.54, 1.807) is 0 Å². The van der Waals surface area contributed by atoms with Crippen molar-refractivity contribution in [2.75, 3.05) is 33.0 Å². The number of aliphatic hydroxyl groups is 7. The van der Waals surface area contributed by atoms with Gasteiger partial charge in [0.2, 0.25) is 0 Å². The molecule has 2 aliphatic heterocycles. The highest BCUT2D eigenvalue weighted by Crippen LogP contribution is 2.26. The van der Waals surface area contributed by atoms with E-state index in [1.807, 2.05) is 0 Å². The van der Waals surface area contributed by atoms with Gasteiger partial charge in [0, 0.05) is 13.0 Å². The van der Waals surface area contributed by atoms with Crippen LogP contribution in [0, 0.1) is 0 Å². The van der Waals surface area contributed by atoms with Crippen LogP contribution < -0.4 is 0 Å². The Hall–Kier alpha value is -1.27. The van der Waals surface area contributed by atoms with Crippen LogP contribution in [0.1, 0.15) is 200 Å². The van der Waals surface area contributed by atoms with E-state index in [0.29, 0.717) is 13.0 Å². The van der Waals surface area contributed by atoms with Crippen molar-refractivity contribution in [3.8, 4) is 0 Å². The molecule has 0 aromatic heterocycles. The van der Waals surface area contributed by atoms with Crippen LogP contribution in [0.25, 0.3) is 0 Å². The lowest BCUT2D eigenvalue weighted by Gasteiger charge is -2.42. The quantitative estimate of drug-likeness (QED) is 0.0180. The topological polar surface area (TPSA) is 214 Å². The van der Waals surface area contributed by atoms with E-state index >= 15 is 0 Å². The van der Waals surface area contributed by atoms with Gasteiger partial charge in [-0.05, 0) is 38.5 Å². The fourth-order valence-corrected chi connectivity index (χ4v) is 8.28. The van der Waals surface area contributed by atoms with Crippen molar-refractivity contribution in [3.63, 3.8) is 0 Å². The van der Waals surface area contributed by atoms with E-state index < -0.39 is 80.7 Å².